The van der Waals surface area contributed by atoms with Gasteiger partial charge in [-0.15, -0.1) is 0 Å². The first-order valence-corrected chi connectivity index (χ1v) is 9.22. The Hall–Kier alpha value is -0.0800. The Morgan fingerprint density at radius 2 is 1.52 bits per heavy atom. The number of hydrogen-bond acceptors (Lipinski definition) is 2. The van der Waals surface area contributed by atoms with Crippen LogP contribution in [0.2, 0.25) is 0 Å². The molecule has 0 amide bonds. The third kappa shape index (κ3) is 8.83. The molecular weight excluding hydrogens is 256 g/mol. The predicted octanol–water partition coefficient (Wildman–Crippen LogP) is 4.79. The van der Waals surface area contributed by atoms with E-state index in [1.165, 1.54) is 32.4 Å². The summed E-state index contributed by atoms with van der Waals surface area (Å²) < 4.78 is 0. The molecule has 1 unspecified atom stereocenters. The van der Waals surface area contributed by atoms with Crippen LogP contribution in [0.4, 0.5) is 0 Å². The second-order valence-corrected chi connectivity index (χ2v) is 7.98. The van der Waals surface area contributed by atoms with Crippen LogP contribution in [0.3, 0.4) is 0 Å². The molecule has 128 valence electrons. The van der Waals surface area contributed by atoms with Crippen LogP contribution in [0.25, 0.3) is 0 Å². The van der Waals surface area contributed by atoms with Crippen LogP contribution in [-0.4, -0.2) is 37.1 Å². The van der Waals surface area contributed by atoms with Crippen molar-refractivity contribution in [1.82, 2.24) is 10.2 Å². The number of hydrogen-bond donors (Lipinski definition) is 1. The Kier molecular flexibility index (Phi) is 10.6. The monoisotopic (exact) mass is 298 g/mol. The maximum atomic E-state index is 3.68. The maximum Gasteiger partial charge on any atom is 0.00903 e. The van der Waals surface area contributed by atoms with Gasteiger partial charge in [0.25, 0.3) is 0 Å². The first-order valence-electron chi connectivity index (χ1n) is 9.22. The molecule has 2 nitrogen and oxygen atoms in total. The average Bonchev–Trinajstić information content (AvgIpc) is 2.38. The van der Waals surface area contributed by atoms with Crippen LogP contribution in [-0.2, 0) is 0 Å². The van der Waals surface area contributed by atoms with E-state index in [0.29, 0.717) is 5.41 Å². The minimum absolute atomic E-state index is 0.381. The highest BCUT2D eigenvalue weighted by Gasteiger charge is 2.28. The molecule has 0 aliphatic rings. The lowest BCUT2D eigenvalue weighted by atomic mass is 9.85. The van der Waals surface area contributed by atoms with Crippen LogP contribution in [0.1, 0.15) is 74.7 Å². The highest BCUT2D eigenvalue weighted by molar-refractivity contribution is 4.83. The Balaban J connectivity index is 4.72. The smallest absolute Gasteiger partial charge is 0.00903 e. The van der Waals surface area contributed by atoms with E-state index < -0.39 is 0 Å². The maximum absolute atomic E-state index is 3.68. The number of nitrogens with one attached hydrogen (secondary N) is 1. The van der Waals surface area contributed by atoms with Crippen molar-refractivity contribution in [2.24, 2.45) is 17.3 Å². The van der Waals surface area contributed by atoms with E-state index in [-0.39, 0.29) is 0 Å². The zero-order valence-electron chi connectivity index (χ0n) is 16.1. The largest absolute Gasteiger partial charge is 0.316 e. The van der Waals surface area contributed by atoms with Gasteiger partial charge in [-0.05, 0) is 43.1 Å². The molecule has 0 fully saturated rings. The minimum Gasteiger partial charge on any atom is -0.316 e. The van der Waals surface area contributed by atoms with Crippen LogP contribution in [0, 0.1) is 17.3 Å². The van der Waals surface area contributed by atoms with E-state index in [4.69, 9.17) is 0 Å². The van der Waals surface area contributed by atoms with Crippen molar-refractivity contribution in [2.45, 2.75) is 80.7 Å². The van der Waals surface area contributed by atoms with Gasteiger partial charge in [0.05, 0.1) is 0 Å². The molecular formula is C19H42N2. The Bertz CT molecular complexity index is 246. The molecule has 0 radical (unpaired) electrons. The van der Waals surface area contributed by atoms with E-state index in [1.807, 2.05) is 0 Å². The van der Waals surface area contributed by atoms with Gasteiger partial charge in [0, 0.05) is 25.7 Å². The Labute approximate surface area is 135 Å². The van der Waals surface area contributed by atoms with E-state index in [1.54, 1.807) is 0 Å². The van der Waals surface area contributed by atoms with Gasteiger partial charge in [-0.2, -0.15) is 0 Å². The highest BCUT2D eigenvalue weighted by atomic mass is 15.2. The molecule has 0 aromatic rings. The molecule has 0 heterocycles. The fourth-order valence-corrected chi connectivity index (χ4v) is 3.06. The molecule has 0 saturated carbocycles. The van der Waals surface area contributed by atoms with Crippen molar-refractivity contribution in [3.05, 3.63) is 0 Å². The molecule has 21 heavy (non-hydrogen) atoms. The normalized spacial score (nSPS) is 15.4. The highest BCUT2D eigenvalue weighted by Crippen LogP contribution is 2.25. The third-order valence-corrected chi connectivity index (χ3v) is 4.60. The van der Waals surface area contributed by atoms with Crippen LogP contribution in [0.5, 0.6) is 0 Å². The molecule has 0 spiro atoms. The lowest BCUT2D eigenvalue weighted by molar-refractivity contribution is 0.0953. The van der Waals surface area contributed by atoms with Gasteiger partial charge in [0.1, 0.15) is 0 Å². The van der Waals surface area contributed by atoms with E-state index in [2.05, 4.69) is 65.6 Å². The quantitative estimate of drug-likeness (QED) is 0.557. The number of nitrogens with zero attached hydrogens (tertiary/aromatic N) is 1. The Morgan fingerprint density at radius 1 is 0.952 bits per heavy atom. The lowest BCUT2D eigenvalue weighted by Crippen LogP contribution is -2.47. The molecule has 2 heteroatoms. The molecule has 0 aliphatic heterocycles. The van der Waals surface area contributed by atoms with Crippen LogP contribution in [0.15, 0.2) is 0 Å². The third-order valence-electron chi connectivity index (χ3n) is 4.60. The van der Waals surface area contributed by atoms with Gasteiger partial charge < -0.3 is 5.32 Å². The first-order chi connectivity index (χ1) is 9.77. The fourth-order valence-electron chi connectivity index (χ4n) is 3.06. The molecule has 0 saturated heterocycles. The van der Waals surface area contributed by atoms with Crippen molar-refractivity contribution in [1.29, 1.82) is 0 Å². The molecule has 0 bridgehead atoms. The molecule has 0 aliphatic carbocycles. The van der Waals surface area contributed by atoms with Crippen molar-refractivity contribution in [3.8, 4) is 0 Å². The summed E-state index contributed by atoms with van der Waals surface area (Å²) in [4.78, 5) is 2.76. The van der Waals surface area contributed by atoms with Crippen molar-refractivity contribution >= 4 is 0 Å². The van der Waals surface area contributed by atoms with E-state index in [0.717, 1.165) is 31.0 Å². The summed E-state index contributed by atoms with van der Waals surface area (Å²) >= 11 is 0. The van der Waals surface area contributed by atoms with Crippen molar-refractivity contribution in [3.63, 3.8) is 0 Å². The van der Waals surface area contributed by atoms with Gasteiger partial charge in [-0.3, -0.25) is 4.90 Å². The SMILES string of the molecule is CCC(CC)N(CC(C)C)CC(C)(CC)CNCC(C)C. The summed E-state index contributed by atoms with van der Waals surface area (Å²) in [6.45, 7) is 23.4. The standard InChI is InChI=1S/C19H42N2/c1-9-18(10-2)21(13-17(6)7)15-19(8,11-3)14-20-12-16(4)5/h16-18,20H,9-15H2,1-8H3. The van der Waals surface area contributed by atoms with Gasteiger partial charge in [-0.1, -0.05) is 55.4 Å². The van der Waals surface area contributed by atoms with Gasteiger partial charge in [-0.25, -0.2) is 0 Å². The number of rotatable bonds is 12. The summed E-state index contributed by atoms with van der Waals surface area (Å²) in [5, 5.41) is 3.68. The van der Waals surface area contributed by atoms with Crippen molar-refractivity contribution < 1.29 is 0 Å². The van der Waals surface area contributed by atoms with Gasteiger partial charge in [0.2, 0.25) is 0 Å². The van der Waals surface area contributed by atoms with Crippen LogP contribution < -0.4 is 5.32 Å². The van der Waals surface area contributed by atoms with E-state index >= 15 is 0 Å². The minimum atomic E-state index is 0.381. The van der Waals surface area contributed by atoms with Gasteiger partial charge >= 0.3 is 0 Å². The van der Waals surface area contributed by atoms with Gasteiger partial charge in [0.15, 0.2) is 0 Å². The van der Waals surface area contributed by atoms with Crippen molar-refractivity contribution in [2.75, 3.05) is 26.2 Å². The summed E-state index contributed by atoms with van der Waals surface area (Å²) in [6.07, 6.45) is 3.78. The topological polar surface area (TPSA) is 15.3 Å². The second kappa shape index (κ2) is 10.6. The Morgan fingerprint density at radius 3 is 1.90 bits per heavy atom. The average molecular weight is 299 g/mol. The predicted molar refractivity (Wildman–Crippen MR) is 96.9 cm³/mol. The van der Waals surface area contributed by atoms with Crippen LogP contribution >= 0.6 is 0 Å². The molecule has 0 aromatic heterocycles. The summed E-state index contributed by atoms with van der Waals surface area (Å²) in [5.74, 6) is 1.48. The molecule has 0 aromatic carbocycles. The zero-order chi connectivity index (χ0) is 16.5. The molecule has 1 atom stereocenters. The zero-order valence-corrected chi connectivity index (χ0v) is 16.1. The lowest BCUT2D eigenvalue weighted by Gasteiger charge is -2.40. The fraction of sp³-hybridized carbons (Fsp3) is 1.00. The summed E-state index contributed by atoms with van der Waals surface area (Å²) in [6, 6.07) is 0.739. The van der Waals surface area contributed by atoms with E-state index in [9.17, 15) is 0 Å². The summed E-state index contributed by atoms with van der Waals surface area (Å²) in [5.41, 5.74) is 0.381. The first kappa shape index (κ1) is 20.9. The molecule has 1 N–H and O–H groups in total. The second-order valence-electron chi connectivity index (χ2n) is 7.98. The molecule has 0 rings (SSSR count). The summed E-state index contributed by atoms with van der Waals surface area (Å²) in [7, 11) is 0.